The highest BCUT2D eigenvalue weighted by molar-refractivity contribution is 7.91. The number of aliphatic carboxylic acids is 1. The number of sulfone groups is 1. The summed E-state index contributed by atoms with van der Waals surface area (Å²) in [6.07, 6.45) is -9.27. The molecule has 0 saturated carbocycles. The first-order valence-electron chi connectivity index (χ1n) is 5.44. The van der Waals surface area contributed by atoms with Crippen molar-refractivity contribution < 1.29 is 41.7 Å². The first kappa shape index (κ1) is 17.4. The highest BCUT2D eigenvalue weighted by Crippen LogP contribution is 2.30. The second kappa shape index (κ2) is 6.00. The Hall–Kier alpha value is -1.65. The Morgan fingerprint density at radius 2 is 1.81 bits per heavy atom. The number of alkyl halides is 3. The number of rotatable bonds is 5. The lowest BCUT2D eigenvalue weighted by Crippen LogP contribution is -2.38. The van der Waals surface area contributed by atoms with Gasteiger partial charge >= 0.3 is 12.1 Å². The van der Waals surface area contributed by atoms with E-state index in [0.29, 0.717) is 12.1 Å². The highest BCUT2D eigenvalue weighted by Gasteiger charge is 2.33. The van der Waals surface area contributed by atoms with E-state index in [1.54, 1.807) is 0 Å². The molecule has 0 aromatic heterocycles. The van der Waals surface area contributed by atoms with Gasteiger partial charge in [0.2, 0.25) is 0 Å². The molecule has 118 valence electrons. The zero-order valence-corrected chi connectivity index (χ0v) is 11.1. The molecule has 21 heavy (non-hydrogen) atoms. The van der Waals surface area contributed by atoms with Crippen molar-refractivity contribution in [3.05, 3.63) is 29.8 Å². The SMILES string of the molecule is O=C(O)[C@@H](O)[C@@H](O)CS(=O)(=O)c1cccc(C(F)(F)F)c1. The summed E-state index contributed by atoms with van der Waals surface area (Å²) >= 11 is 0. The lowest BCUT2D eigenvalue weighted by atomic mass is 10.2. The molecule has 0 unspecified atom stereocenters. The van der Waals surface area contributed by atoms with Gasteiger partial charge in [-0.05, 0) is 18.2 Å². The average molecular weight is 328 g/mol. The van der Waals surface area contributed by atoms with E-state index in [1.807, 2.05) is 0 Å². The van der Waals surface area contributed by atoms with E-state index in [0.717, 1.165) is 12.1 Å². The highest BCUT2D eigenvalue weighted by atomic mass is 32.2. The molecule has 3 N–H and O–H groups in total. The molecule has 0 aliphatic heterocycles. The van der Waals surface area contributed by atoms with Gasteiger partial charge in [0, 0.05) is 0 Å². The number of hydrogen-bond acceptors (Lipinski definition) is 5. The lowest BCUT2D eigenvalue weighted by molar-refractivity contribution is -0.151. The van der Waals surface area contributed by atoms with Crippen molar-refractivity contribution in [3.8, 4) is 0 Å². The van der Waals surface area contributed by atoms with Gasteiger partial charge in [-0.15, -0.1) is 0 Å². The van der Waals surface area contributed by atoms with Crippen molar-refractivity contribution >= 4 is 15.8 Å². The molecule has 2 atom stereocenters. The maximum atomic E-state index is 12.5. The summed E-state index contributed by atoms with van der Waals surface area (Å²) in [5, 5.41) is 26.7. The summed E-state index contributed by atoms with van der Waals surface area (Å²) in [5.41, 5.74) is -1.20. The largest absolute Gasteiger partial charge is 0.479 e. The Morgan fingerprint density at radius 1 is 1.24 bits per heavy atom. The molecule has 0 spiro atoms. The number of carboxylic acid groups (broad SMARTS) is 1. The van der Waals surface area contributed by atoms with Crippen LogP contribution in [0.2, 0.25) is 0 Å². The van der Waals surface area contributed by atoms with Gasteiger partial charge in [0.25, 0.3) is 0 Å². The Bertz CT molecular complexity index is 625. The van der Waals surface area contributed by atoms with E-state index in [9.17, 15) is 31.5 Å². The normalized spacial score (nSPS) is 15.5. The molecular formula is C11H11F3O6S. The summed E-state index contributed by atoms with van der Waals surface area (Å²) < 4.78 is 61.1. The third kappa shape index (κ3) is 4.41. The fourth-order valence-corrected chi connectivity index (χ4v) is 2.86. The van der Waals surface area contributed by atoms with Gasteiger partial charge in [0.05, 0.1) is 16.2 Å². The molecule has 0 saturated heterocycles. The summed E-state index contributed by atoms with van der Waals surface area (Å²) in [4.78, 5) is 9.67. The Kier molecular flexibility index (Phi) is 4.97. The molecule has 0 radical (unpaired) electrons. The topological polar surface area (TPSA) is 112 Å². The summed E-state index contributed by atoms with van der Waals surface area (Å²) in [6.45, 7) is 0. The number of aliphatic hydroxyl groups is 2. The van der Waals surface area contributed by atoms with Gasteiger partial charge in [0.15, 0.2) is 15.9 Å². The number of carbonyl (C=O) groups is 1. The van der Waals surface area contributed by atoms with Crippen molar-refractivity contribution in [2.75, 3.05) is 5.75 Å². The molecule has 1 aromatic rings. The fourth-order valence-electron chi connectivity index (χ4n) is 1.44. The first-order chi connectivity index (χ1) is 9.45. The average Bonchev–Trinajstić information content (AvgIpc) is 2.36. The van der Waals surface area contributed by atoms with Gasteiger partial charge in [-0.2, -0.15) is 13.2 Å². The van der Waals surface area contributed by atoms with Crippen LogP contribution >= 0.6 is 0 Å². The van der Waals surface area contributed by atoms with Crippen LogP contribution in [0.4, 0.5) is 13.2 Å². The van der Waals surface area contributed by atoms with Gasteiger partial charge in [0.1, 0.15) is 6.10 Å². The zero-order chi connectivity index (χ0) is 16.4. The minimum atomic E-state index is -4.75. The first-order valence-corrected chi connectivity index (χ1v) is 7.09. The third-order valence-corrected chi connectivity index (χ3v) is 4.28. The van der Waals surface area contributed by atoms with E-state index in [4.69, 9.17) is 10.2 Å². The van der Waals surface area contributed by atoms with Crippen LogP contribution in [-0.2, 0) is 20.8 Å². The molecule has 0 heterocycles. The van der Waals surface area contributed by atoms with Crippen LogP contribution in [-0.4, -0.2) is 47.7 Å². The third-order valence-electron chi connectivity index (χ3n) is 2.53. The second-order valence-electron chi connectivity index (χ2n) is 4.16. The smallest absolute Gasteiger partial charge is 0.416 e. The number of carboxylic acids is 1. The molecule has 1 rings (SSSR count). The van der Waals surface area contributed by atoms with E-state index >= 15 is 0 Å². The summed E-state index contributed by atoms with van der Waals surface area (Å²) in [6, 6.07) is 2.79. The van der Waals surface area contributed by atoms with Gasteiger partial charge in [-0.3, -0.25) is 0 Å². The van der Waals surface area contributed by atoms with Gasteiger partial charge < -0.3 is 15.3 Å². The maximum absolute atomic E-state index is 12.5. The van der Waals surface area contributed by atoms with Gasteiger partial charge in [-0.25, -0.2) is 13.2 Å². The minimum Gasteiger partial charge on any atom is -0.479 e. The van der Waals surface area contributed by atoms with Crippen molar-refractivity contribution in [2.45, 2.75) is 23.3 Å². The minimum absolute atomic E-state index is 0.370. The maximum Gasteiger partial charge on any atom is 0.416 e. The number of hydrogen-bond donors (Lipinski definition) is 3. The fraction of sp³-hybridized carbons (Fsp3) is 0.364. The van der Waals surface area contributed by atoms with Crippen LogP contribution < -0.4 is 0 Å². The van der Waals surface area contributed by atoms with Crippen molar-refractivity contribution in [2.24, 2.45) is 0 Å². The Balaban J connectivity index is 3.07. The molecule has 0 aliphatic carbocycles. The van der Waals surface area contributed by atoms with E-state index in [2.05, 4.69) is 0 Å². The van der Waals surface area contributed by atoms with Crippen LogP contribution in [0.3, 0.4) is 0 Å². The van der Waals surface area contributed by atoms with Crippen molar-refractivity contribution in [3.63, 3.8) is 0 Å². The molecule has 10 heteroatoms. The molecule has 0 bridgehead atoms. The predicted octanol–water partition coefficient (Wildman–Crippen LogP) is 0.285. The van der Waals surface area contributed by atoms with Gasteiger partial charge in [-0.1, -0.05) is 6.07 Å². The Labute approximate surface area is 117 Å². The van der Waals surface area contributed by atoms with Crippen molar-refractivity contribution in [1.29, 1.82) is 0 Å². The van der Waals surface area contributed by atoms with E-state index in [-0.39, 0.29) is 0 Å². The zero-order valence-electron chi connectivity index (χ0n) is 10.3. The summed E-state index contributed by atoms with van der Waals surface area (Å²) in [5.74, 6) is -3.07. The standard InChI is InChI=1S/C11H11F3O6S/c12-11(13,14)6-2-1-3-7(4-6)21(19,20)5-8(15)9(16)10(17)18/h1-4,8-9,15-16H,5H2,(H,17,18)/t8-,9-/m0/s1. The quantitative estimate of drug-likeness (QED) is 0.716. The Morgan fingerprint density at radius 3 is 2.29 bits per heavy atom. The number of aliphatic hydroxyl groups excluding tert-OH is 2. The second-order valence-corrected chi connectivity index (χ2v) is 6.19. The van der Waals surface area contributed by atoms with Crippen LogP contribution in [0.25, 0.3) is 0 Å². The van der Waals surface area contributed by atoms with E-state index < -0.39 is 50.4 Å². The molecular weight excluding hydrogens is 317 g/mol. The lowest BCUT2D eigenvalue weighted by Gasteiger charge is -2.15. The van der Waals surface area contributed by atoms with Crippen molar-refractivity contribution in [1.82, 2.24) is 0 Å². The predicted molar refractivity (Wildman–Crippen MR) is 63.1 cm³/mol. The molecule has 0 aliphatic rings. The monoisotopic (exact) mass is 328 g/mol. The molecule has 1 aromatic carbocycles. The summed E-state index contributed by atoms with van der Waals surface area (Å²) in [7, 11) is -4.39. The van der Waals surface area contributed by atoms with Crippen LogP contribution in [0, 0.1) is 0 Å². The molecule has 6 nitrogen and oxygen atoms in total. The number of halogens is 3. The molecule has 0 amide bonds. The molecule has 0 fully saturated rings. The van der Waals surface area contributed by atoms with Crippen LogP contribution in [0.5, 0.6) is 0 Å². The number of benzene rings is 1. The van der Waals surface area contributed by atoms with Crippen LogP contribution in [0.15, 0.2) is 29.2 Å². The van der Waals surface area contributed by atoms with E-state index in [1.165, 1.54) is 0 Å². The van der Waals surface area contributed by atoms with Crippen LogP contribution in [0.1, 0.15) is 5.56 Å².